The SMILES string of the molecule is O=C(NCC1(O)CCC(F)CC1c1cccc(F)c1Cl)c1ccc(C(F)(F)F)cc1Cl. The summed E-state index contributed by atoms with van der Waals surface area (Å²) in [5, 5.41) is 13.0. The lowest BCUT2D eigenvalue weighted by molar-refractivity contribution is -0.137. The largest absolute Gasteiger partial charge is 0.416 e. The van der Waals surface area contributed by atoms with Gasteiger partial charge >= 0.3 is 6.18 Å². The number of hydrogen-bond donors (Lipinski definition) is 2. The maximum atomic E-state index is 14.1. The van der Waals surface area contributed by atoms with Crippen molar-refractivity contribution in [3.8, 4) is 0 Å². The first-order chi connectivity index (χ1) is 14.4. The van der Waals surface area contributed by atoms with Crippen LogP contribution in [0.15, 0.2) is 36.4 Å². The number of halogens is 7. The predicted octanol–water partition coefficient (Wildman–Crippen LogP) is 5.92. The van der Waals surface area contributed by atoms with Crippen molar-refractivity contribution < 1.29 is 31.9 Å². The smallest absolute Gasteiger partial charge is 0.387 e. The van der Waals surface area contributed by atoms with Crippen molar-refractivity contribution in [1.82, 2.24) is 5.32 Å². The second kappa shape index (κ2) is 8.92. The van der Waals surface area contributed by atoms with Crippen molar-refractivity contribution in [3.63, 3.8) is 0 Å². The number of carbonyl (C=O) groups is 1. The zero-order valence-electron chi connectivity index (χ0n) is 15.9. The molecular weight excluding hydrogens is 464 g/mol. The fraction of sp³-hybridized carbons (Fsp3) is 0.381. The minimum Gasteiger partial charge on any atom is -0.387 e. The molecule has 31 heavy (non-hydrogen) atoms. The van der Waals surface area contributed by atoms with Gasteiger partial charge in [-0.05, 0) is 49.1 Å². The minimum absolute atomic E-state index is 0.0246. The quantitative estimate of drug-likeness (QED) is 0.532. The molecule has 1 saturated carbocycles. The summed E-state index contributed by atoms with van der Waals surface area (Å²) >= 11 is 11.9. The molecule has 0 spiro atoms. The fourth-order valence-electron chi connectivity index (χ4n) is 3.80. The second-order valence-corrected chi connectivity index (χ2v) is 8.33. The average Bonchev–Trinajstić information content (AvgIpc) is 2.70. The van der Waals surface area contributed by atoms with Crippen LogP contribution in [-0.4, -0.2) is 29.3 Å². The third-order valence-electron chi connectivity index (χ3n) is 5.48. The van der Waals surface area contributed by atoms with Gasteiger partial charge in [-0.3, -0.25) is 4.79 Å². The number of aliphatic hydroxyl groups is 1. The molecule has 1 aliphatic rings. The zero-order chi connectivity index (χ0) is 23.0. The monoisotopic (exact) mass is 481 g/mol. The summed E-state index contributed by atoms with van der Waals surface area (Å²) < 4.78 is 66.3. The number of hydrogen-bond acceptors (Lipinski definition) is 2. The molecule has 168 valence electrons. The highest BCUT2D eigenvalue weighted by molar-refractivity contribution is 6.34. The summed E-state index contributed by atoms with van der Waals surface area (Å²) in [6, 6.07) is 6.29. The molecule has 2 aromatic carbocycles. The molecule has 10 heteroatoms. The first-order valence-electron chi connectivity index (χ1n) is 9.37. The fourth-order valence-corrected chi connectivity index (χ4v) is 4.32. The normalized spacial score (nSPS) is 24.1. The van der Waals surface area contributed by atoms with Crippen LogP contribution in [0, 0.1) is 5.82 Å². The molecule has 2 N–H and O–H groups in total. The number of nitrogens with one attached hydrogen (secondary N) is 1. The number of amides is 1. The average molecular weight is 482 g/mol. The molecule has 3 unspecified atom stereocenters. The van der Waals surface area contributed by atoms with Gasteiger partial charge in [0.15, 0.2) is 0 Å². The van der Waals surface area contributed by atoms with Crippen molar-refractivity contribution in [3.05, 3.63) is 69.0 Å². The van der Waals surface area contributed by atoms with E-state index in [0.717, 1.165) is 18.2 Å². The zero-order valence-corrected chi connectivity index (χ0v) is 17.5. The van der Waals surface area contributed by atoms with E-state index in [1.165, 1.54) is 12.1 Å². The molecule has 0 bridgehead atoms. The molecule has 0 saturated heterocycles. The van der Waals surface area contributed by atoms with Gasteiger partial charge in [0.2, 0.25) is 0 Å². The maximum absolute atomic E-state index is 14.1. The van der Waals surface area contributed by atoms with Crippen LogP contribution >= 0.6 is 23.2 Å². The summed E-state index contributed by atoms with van der Waals surface area (Å²) in [6.07, 6.45) is -6.00. The van der Waals surface area contributed by atoms with E-state index < -0.39 is 46.2 Å². The van der Waals surface area contributed by atoms with E-state index in [0.29, 0.717) is 6.07 Å². The first kappa shape index (κ1) is 23.8. The molecule has 0 aliphatic heterocycles. The van der Waals surface area contributed by atoms with Crippen LogP contribution in [0.25, 0.3) is 0 Å². The van der Waals surface area contributed by atoms with Crippen LogP contribution in [0.3, 0.4) is 0 Å². The Morgan fingerprint density at radius 1 is 1.23 bits per heavy atom. The Kier molecular flexibility index (Phi) is 6.84. The van der Waals surface area contributed by atoms with Crippen LogP contribution in [-0.2, 0) is 6.18 Å². The number of alkyl halides is 4. The Hall–Kier alpha value is -1.90. The molecular formula is C21H18Cl2F5NO2. The molecule has 2 aromatic rings. The summed E-state index contributed by atoms with van der Waals surface area (Å²) in [5.41, 5.74) is -2.64. The van der Waals surface area contributed by atoms with Crippen LogP contribution in [0.5, 0.6) is 0 Å². The molecule has 0 aromatic heterocycles. The van der Waals surface area contributed by atoms with E-state index in [4.69, 9.17) is 23.2 Å². The van der Waals surface area contributed by atoms with Crippen molar-refractivity contribution in [1.29, 1.82) is 0 Å². The highest BCUT2D eigenvalue weighted by Gasteiger charge is 2.44. The first-order valence-corrected chi connectivity index (χ1v) is 10.1. The van der Waals surface area contributed by atoms with E-state index in [9.17, 15) is 31.9 Å². The van der Waals surface area contributed by atoms with Crippen LogP contribution in [0.1, 0.15) is 46.7 Å². The number of carbonyl (C=O) groups excluding carboxylic acids is 1. The van der Waals surface area contributed by atoms with Crippen molar-refractivity contribution in [2.45, 2.75) is 43.1 Å². The summed E-state index contributed by atoms with van der Waals surface area (Å²) in [5.74, 6) is -2.43. The Bertz CT molecular complexity index is 985. The summed E-state index contributed by atoms with van der Waals surface area (Å²) in [4.78, 5) is 12.5. The van der Waals surface area contributed by atoms with Gasteiger partial charge in [0.25, 0.3) is 5.91 Å². The van der Waals surface area contributed by atoms with Gasteiger partial charge in [-0.15, -0.1) is 0 Å². The molecule has 1 fully saturated rings. The van der Waals surface area contributed by atoms with Crippen molar-refractivity contribution in [2.75, 3.05) is 6.54 Å². The molecule has 1 amide bonds. The highest BCUT2D eigenvalue weighted by Crippen LogP contribution is 2.44. The van der Waals surface area contributed by atoms with E-state index in [1.54, 1.807) is 0 Å². The Morgan fingerprint density at radius 3 is 2.58 bits per heavy atom. The van der Waals surface area contributed by atoms with Crippen LogP contribution < -0.4 is 5.32 Å². The lowest BCUT2D eigenvalue weighted by atomic mass is 9.71. The topological polar surface area (TPSA) is 49.3 Å². The van der Waals surface area contributed by atoms with E-state index in [2.05, 4.69) is 5.32 Å². The van der Waals surface area contributed by atoms with Gasteiger partial charge in [0.05, 0.1) is 26.8 Å². The lowest BCUT2D eigenvalue weighted by Crippen LogP contribution is -2.50. The van der Waals surface area contributed by atoms with Gasteiger partial charge in [-0.1, -0.05) is 35.3 Å². The lowest BCUT2D eigenvalue weighted by Gasteiger charge is -2.42. The predicted molar refractivity (Wildman–Crippen MR) is 107 cm³/mol. The number of benzene rings is 2. The van der Waals surface area contributed by atoms with Gasteiger partial charge in [-0.2, -0.15) is 13.2 Å². The second-order valence-electron chi connectivity index (χ2n) is 7.55. The molecule has 1 aliphatic carbocycles. The Balaban J connectivity index is 1.81. The molecule has 0 radical (unpaired) electrons. The molecule has 3 atom stereocenters. The third-order valence-corrected chi connectivity index (χ3v) is 6.20. The van der Waals surface area contributed by atoms with Gasteiger partial charge in [0.1, 0.15) is 12.0 Å². The van der Waals surface area contributed by atoms with E-state index in [1.807, 2.05) is 0 Å². The van der Waals surface area contributed by atoms with Gasteiger partial charge < -0.3 is 10.4 Å². The van der Waals surface area contributed by atoms with E-state index in [-0.39, 0.29) is 42.0 Å². The van der Waals surface area contributed by atoms with Gasteiger partial charge in [0, 0.05) is 12.5 Å². The molecule has 0 heterocycles. The molecule has 3 rings (SSSR count). The summed E-state index contributed by atoms with van der Waals surface area (Å²) in [7, 11) is 0. The van der Waals surface area contributed by atoms with Gasteiger partial charge in [-0.25, -0.2) is 8.78 Å². The summed E-state index contributed by atoms with van der Waals surface area (Å²) in [6.45, 7) is -0.354. The van der Waals surface area contributed by atoms with E-state index >= 15 is 0 Å². The highest BCUT2D eigenvalue weighted by atomic mass is 35.5. The van der Waals surface area contributed by atoms with Crippen LogP contribution in [0.2, 0.25) is 10.0 Å². The van der Waals surface area contributed by atoms with Crippen LogP contribution in [0.4, 0.5) is 22.0 Å². The Morgan fingerprint density at radius 2 is 1.94 bits per heavy atom. The third kappa shape index (κ3) is 5.13. The Labute approximate surface area is 185 Å². The number of rotatable bonds is 4. The minimum atomic E-state index is -4.61. The van der Waals surface area contributed by atoms with Crippen molar-refractivity contribution in [2.24, 2.45) is 0 Å². The van der Waals surface area contributed by atoms with Crippen molar-refractivity contribution >= 4 is 29.1 Å². The molecule has 3 nitrogen and oxygen atoms in total. The maximum Gasteiger partial charge on any atom is 0.416 e. The standard InChI is InChI=1S/C21H18Cl2F5NO2/c22-16-8-11(21(26,27)28)4-5-14(16)19(30)29-10-20(31)7-6-12(24)9-15(20)13-2-1-3-17(25)18(13)23/h1-5,8,12,15,31H,6-7,9-10H2,(H,29,30).